The molecule has 6 heteroatoms. The first-order valence-corrected chi connectivity index (χ1v) is 8.32. The van der Waals surface area contributed by atoms with Crippen molar-refractivity contribution in [3.8, 4) is 0 Å². The normalized spacial score (nSPS) is 20.0. The molecule has 1 aromatic rings. The molecule has 1 saturated heterocycles. The minimum absolute atomic E-state index is 0.0314. The van der Waals surface area contributed by atoms with E-state index in [2.05, 4.69) is 28.1 Å². The smallest absolute Gasteiger partial charge is 0.318 e. The second-order valence-corrected chi connectivity index (χ2v) is 6.20. The second kappa shape index (κ2) is 7.46. The van der Waals surface area contributed by atoms with E-state index in [0.29, 0.717) is 25.7 Å². The summed E-state index contributed by atoms with van der Waals surface area (Å²) >= 11 is 0. The van der Waals surface area contributed by atoms with Gasteiger partial charge in [0.15, 0.2) is 0 Å². The van der Waals surface area contributed by atoms with E-state index in [0.717, 1.165) is 25.8 Å². The molecule has 1 unspecified atom stereocenters. The van der Waals surface area contributed by atoms with Gasteiger partial charge in [0.1, 0.15) is 0 Å². The first-order chi connectivity index (χ1) is 11.2. The van der Waals surface area contributed by atoms with Gasteiger partial charge in [-0.2, -0.15) is 0 Å². The molecule has 2 heterocycles. The van der Waals surface area contributed by atoms with Crippen LogP contribution < -0.4 is 16.0 Å². The zero-order chi connectivity index (χ0) is 16.1. The van der Waals surface area contributed by atoms with Crippen molar-refractivity contribution in [2.45, 2.75) is 31.8 Å². The van der Waals surface area contributed by atoms with Crippen LogP contribution in [0.25, 0.3) is 0 Å². The highest BCUT2D eigenvalue weighted by Gasteiger charge is 2.21. The van der Waals surface area contributed by atoms with Crippen LogP contribution in [-0.2, 0) is 17.8 Å². The topological polar surface area (TPSA) is 73.5 Å². The summed E-state index contributed by atoms with van der Waals surface area (Å²) in [4.78, 5) is 25.8. The monoisotopic (exact) mass is 316 g/mol. The van der Waals surface area contributed by atoms with Crippen molar-refractivity contribution < 1.29 is 9.59 Å². The fraction of sp³-hybridized carbons (Fsp3) is 0.529. The predicted molar refractivity (Wildman–Crippen MR) is 88.0 cm³/mol. The largest absolute Gasteiger partial charge is 0.353 e. The number of fused-ring (bicyclic) bond motifs is 1. The molecule has 124 valence electrons. The van der Waals surface area contributed by atoms with Crippen molar-refractivity contribution in [2.75, 3.05) is 26.2 Å². The number of urea groups is 1. The quantitative estimate of drug-likeness (QED) is 0.762. The lowest BCUT2D eigenvalue weighted by Crippen LogP contribution is -2.47. The molecular weight excluding hydrogens is 292 g/mol. The SMILES string of the molecule is O=C(CNC(=O)N1CCc2ccccc2C1)NCC1CCCN1. The summed E-state index contributed by atoms with van der Waals surface area (Å²) < 4.78 is 0. The van der Waals surface area contributed by atoms with Crippen molar-refractivity contribution >= 4 is 11.9 Å². The highest BCUT2D eigenvalue weighted by Crippen LogP contribution is 2.18. The molecular formula is C17H24N4O2. The van der Waals surface area contributed by atoms with Gasteiger partial charge in [0, 0.05) is 25.7 Å². The fourth-order valence-corrected chi connectivity index (χ4v) is 3.17. The van der Waals surface area contributed by atoms with Gasteiger partial charge in [-0.3, -0.25) is 4.79 Å². The molecule has 2 aliphatic heterocycles. The molecule has 3 amide bonds. The van der Waals surface area contributed by atoms with E-state index < -0.39 is 0 Å². The van der Waals surface area contributed by atoms with Gasteiger partial charge in [0.05, 0.1) is 6.54 Å². The van der Waals surface area contributed by atoms with Crippen LogP contribution in [0.5, 0.6) is 0 Å². The Hall–Kier alpha value is -2.08. The van der Waals surface area contributed by atoms with E-state index in [1.807, 2.05) is 12.1 Å². The standard InChI is InChI=1S/C17H24N4O2/c22-16(19-10-15-6-3-8-18-15)11-20-17(23)21-9-7-13-4-1-2-5-14(13)12-21/h1-2,4-5,15,18H,3,6-12H2,(H,19,22)(H,20,23). The molecule has 3 rings (SSSR count). The Labute approximate surface area is 136 Å². The molecule has 0 aromatic heterocycles. The van der Waals surface area contributed by atoms with Crippen molar-refractivity contribution in [1.82, 2.24) is 20.9 Å². The molecule has 23 heavy (non-hydrogen) atoms. The third kappa shape index (κ3) is 4.22. The van der Waals surface area contributed by atoms with Gasteiger partial charge in [0.25, 0.3) is 0 Å². The van der Waals surface area contributed by atoms with Crippen LogP contribution in [-0.4, -0.2) is 49.1 Å². The summed E-state index contributed by atoms with van der Waals surface area (Å²) in [6.45, 7) is 2.98. The number of hydrogen-bond donors (Lipinski definition) is 3. The average molecular weight is 316 g/mol. The van der Waals surface area contributed by atoms with Crippen molar-refractivity contribution in [2.24, 2.45) is 0 Å². The molecule has 1 aromatic carbocycles. The number of rotatable bonds is 4. The average Bonchev–Trinajstić information content (AvgIpc) is 3.11. The Morgan fingerprint density at radius 1 is 1.22 bits per heavy atom. The van der Waals surface area contributed by atoms with E-state index in [4.69, 9.17) is 0 Å². The summed E-state index contributed by atoms with van der Waals surface area (Å²) in [7, 11) is 0. The Bertz CT molecular complexity index is 569. The summed E-state index contributed by atoms with van der Waals surface area (Å²) in [5, 5.41) is 8.90. The van der Waals surface area contributed by atoms with Gasteiger partial charge in [-0.15, -0.1) is 0 Å². The van der Waals surface area contributed by atoms with Gasteiger partial charge < -0.3 is 20.9 Å². The van der Waals surface area contributed by atoms with E-state index >= 15 is 0 Å². The van der Waals surface area contributed by atoms with Gasteiger partial charge in [-0.05, 0) is 36.9 Å². The van der Waals surface area contributed by atoms with Crippen LogP contribution in [0.2, 0.25) is 0 Å². The van der Waals surface area contributed by atoms with E-state index in [1.165, 1.54) is 11.1 Å². The van der Waals surface area contributed by atoms with Gasteiger partial charge in [-0.25, -0.2) is 4.79 Å². The number of carbonyl (C=O) groups excluding carboxylic acids is 2. The van der Waals surface area contributed by atoms with Crippen LogP contribution in [0.15, 0.2) is 24.3 Å². The molecule has 0 radical (unpaired) electrons. The number of benzene rings is 1. The molecule has 1 atom stereocenters. The van der Waals surface area contributed by atoms with Crippen molar-refractivity contribution in [3.63, 3.8) is 0 Å². The lowest BCUT2D eigenvalue weighted by atomic mass is 10.0. The Morgan fingerprint density at radius 2 is 2.04 bits per heavy atom. The number of nitrogens with one attached hydrogen (secondary N) is 3. The maximum absolute atomic E-state index is 12.2. The van der Waals surface area contributed by atoms with Crippen LogP contribution in [0.3, 0.4) is 0 Å². The fourth-order valence-electron chi connectivity index (χ4n) is 3.17. The van der Waals surface area contributed by atoms with Crippen LogP contribution in [0, 0.1) is 0 Å². The number of carbonyl (C=O) groups is 2. The maximum Gasteiger partial charge on any atom is 0.318 e. The molecule has 0 bridgehead atoms. The van der Waals surface area contributed by atoms with E-state index in [-0.39, 0.29) is 18.5 Å². The first kappa shape index (κ1) is 15.8. The minimum Gasteiger partial charge on any atom is -0.353 e. The maximum atomic E-state index is 12.2. The van der Waals surface area contributed by atoms with E-state index in [9.17, 15) is 9.59 Å². The lowest BCUT2D eigenvalue weighted by Gasteiger charge is -2.28. The summed E-state index contributed by atoms with van der Waals surface area (Å²) in [5.41, 5.74) is 2.49. The zero-order valence-electron chi connectivity index (χ0n) is 13.3. The molecule has 0 saturated carbocycles. The Morgan fingerprint density at radius 3 is 2.83 bits per heavy atom. The Balaban J connectivity index is 1.40. The zero-order valence-corrected chi connectivity index (χ0v) is 13.3. The highest BCUT2D eigenvalue weighted by molar-refractivity contribution is 5.84. The van der Waals surface area contributed by atoms with Crippen LogP contribution in [0.1, 0.15) is 24.0 Å². The molecule has 1 fully saturated rings. The third-order valence-electron chi connectivity index (χ3n) is 4.53. The molecule has 2 aliphatic rings. The third-order valence-corrected chi connectivity index (χ3v) is 4.53. The number of hydrogen-bond acceptors (Lipinski definition) is 3. The molecule has 0 spiro atoms. The second-order valence-electron chi connectivity index (χ2n) is 6.20. The van der Waals surface area contributed by atoms with Crippen molar-refractivity contribution in [3.05, 3.63) is 35.4 Å². The van der Waals surface area contributed by atoms with Gasteiger partial charge in [-0.1, -0.05) is 24.3 Å². The molecule has 6 nitrogen and oxygen atoms in total. The minimum atomic E-state index is -0.173. The summed E-state index contributed by atoms with van der Waals surface area (Å²) in [5.74, 6) is -0.135. The Kier molecular flexibility index (Phi) is 5.12. The molecule has 3 N–H and O–H groups in total. The lowest BCUT2D eigenvalue weighted by molar-refractivity contribution is -0.120. The van der Waals surface area contributed by atoms with Crippen molar-refractivity contribution in [1.29, 1.82) is 0 Å². The summed E-state index contributed by atoms with van der Waals surface area (Å²) in [6.07, 6.45) is 3.12. The number of amides is 3. The predicted octanol–water partition coefficient (Wildman–Crippen LogP) is 0.623. The van der Waals surface area contributed by atoms with Gasteiger partial charge >= 0.3 is 6.03 Å². The first-order valence-electron chi connectivity index (χ1n) is 8.32. The summed E-state index contributed by atoms with van der Waals surface area (Å²) in [6, 6.07) is 8.37. The highest BCUT2D eigenvalue weighted by atomic mass is 16.2. The van der Waals surface area contributed by atoms with Crippen LogP contribution in [0.4, 0.5) is 4.79 Å². The van der Waals surface area contributed by atoms with Crippen LogP contribution >= 0.6 is 0 Å². The van der Waals surface area contributed by atoms with Gasteiger partial charge in [0.2, 0.25) is 5.91 Å². The van der Waals surface area contributed by atoms with E-state index in [1.54, 1.807) is 4.90 Å². The molecule has 0 aliphatic carbocycles. The number of nitrogens with zero attached hydrogens (tertiary/aromatic N) is 1.